The molecule has 0 atom stereocenters. The summed E-state index contributed by atoms with van der Waals surface area (Å²) in [5.74, 6) is 5.31. The molecular weight excluding hydrogens is 237 g/mol. The maximum Gasteiger partial charge on any atom is 0.158 e. The first-order valence-corrected chi connectivity index (χ1v) is 5.95. The first-order valence-electron chi connectivity index (χ1n) is 5.95. The van der Waals surface area contributed by atoms with Gasteiger partial charge in [0.2, 0.25) is 0 Å². The molecule has 19 heavy (non-hydrogen) atoms. The lowest BCUT2D eigenvalue weighted by molar-refractivity contribution is 0.620. The summed E-state index contributed by atoms with van der Waals surface area (Å²) in [6, 6.07) is 18.4. The van der Waals surface area contributed by atoms with E-state index in [1.807, 2.05) is 54.6 Å². The molecular formula is C17H10FN. The van der Waals surface area contributed by atoms with E-state index in [0.717, 1.165) is 16.5 Å². The molecule has 1 nitrogen and oxygen atoms in total. The smallest absolute Gasteiger partial charge is 0.158 e. The Morgan fingerprint density at radius 2 is 1.58 bits per heavy atom. The summed E-state index contributed by atoms with van der Waals surface area (Å²) in [6.45, 7) is 0. The van der Waals surface area contributed by atoms with Gasteiger partial charge in [-0.25, -0.2) is 9.37 Å². The minimum Gasteiger partial charge on any atom is -0.236 e. The Hall–Kier alpha value is -2.66. The van der Waals surface area contributed by atoms with Crippen LogP contribution in [0.15, 0.2) is 60.7 Å². The zero-order valence-corrected chi connectivity index (χ0v) is 10.1. The number of fused-ring (bicyclic) bond motifs is 1. The molecule has 0 unspecified atom stereocenters. The molecule has 1 aromatic heterocycles. The monoisotopic (exact) mass is 247 g/mol. The van der Waals surface area contributed by atoms with Crippen molar-refractivity contribution in [3.8, 4) is 11.8 Å². The van der Waals surface area contributed by atoms with Gasteiger partial charge >= 0.3 is 0 Å². The number of para-hydroxylation sites is 1. The van der Waals surface area contributed by atoms with Gasteiger partial charge in [-0.1, -0.05) is 42.3 Å². The third kappa shape index (κ3) is 2.46. The summed E-state index contributed by atoms with van der Waals surface area (Å²) < 4.78 is 13.9. The lowest BCUT2D eigenvalue weighted by Crippen LogP contribution is -1.90. The fourth-order valence-electron chi connectivity index (χ4n) is 1.83. The van der Waals surface area contributed by atoms with E-state index in [-0.39, 0.29) is 11.5 Å². The maximum atomic E-state index is 13.9. The number of nitrogens with zero attached hydrogens (tertiary/aromatic N) is 1. The van der Waals surface area contributed by atoms with E-state index in [1.165, 1.54) is 6.07 Å². The van der Waals surface area contributed by atoms with Gasteiger partial charge in [-0.2, -0.15) is 0 Å². The van der Waals surface area contributed by atoms with Crippen LogP contribution in [0.25, 0.3) is 10.9 Å². The standard InChI is InChI=1S/C17H10FN/c18-15-12-14-8-4-5-9-16(14)19-17(15)11-10-13-6-2-1-3-7-13/h1-9,12H. The molecule has 0 bridgehead atoms. The first-order chi connectivity index (χ1) is 9.33. The second-order valence-corrected chi connectivity index (χ2v) is 4.13. The van der Waals surface area contributed by atoms with E-state index >= 15 is 0 Å². The molecule has 1 heterocycles. The first kappa shape index (κ1) is 11.4. The van der Waals surface area contributed by atoms with Crippen LogP contribution in [0.4, 0.5) is 4.39 Å². The van der Waals surface area contributed by atoms with E-state index in [9.17, 15) is 4.39 Å². The number of pyridine rings is 1. The summed E-state index contributed by atoms with van der Waals surface area (Å²) in [4.78, 5) is 4.24. The molecule has 0 aliphatic rings. The van der Waals surface area contributed by atoms with Crippen molar-refractivity contribution in [3.63, 3.8) is 0 Å². The van der Waals surface area contributed by atoms with Gasteiger partial charge in [0.25, 0.3) is 0 Å². The molecule has 0 fully saturated rings. The van der Waals surface area contributed by atoms with Crippen molar-refractivity contribution in [2.75, 3.05) is 0 Å². The topological polar surface area (TPSA) is 12.9 Å². The Bertz CT molecular complexity index is 782. The van der Waals surface area contributed by atoms with Crippen molar-refractivity contribution in [1.82, 2.24) is 4.98 Å². The van der Waals surface area contributed by atoms with E-state index in [1.54, 1.807) is 0 Å². The third-order valence-corrected chi connectivity index (χ3v) is 2.78. The number of hydrogen-bond acceptors (Lipinski definition) is 1. The van der Waals surface area contributed by atoms with Gasteiger partial charge in [-0.3, -0.25) is 0 Å². The fraction of sp³-hybridized carbons (Fsp3) is 0. The molecule has 0 N–H and O–H groups in total. The fourth-order valence-corrected chi connectivity index (χ4v) is 1.83. The van der Waals surface area contributed by atoms with Crippen molar-refractivity contribution >= 4 is 10.9 Å². The highest BCUT2D eigenvalue weighted by molar-refractivity contribution is 5.79. The second-order valence-electron chi connectivity index (χ2n) is 4.13. The minimum absolute atomic E-state index is 0.183. The van der Waals surface area contributed by atoms with Crippen LogP contribution in [0.5, 0.6) is 0 Å². The molecule has 0 radical (unpaired) electrons. The average molecular weight is 247 g/mol. The van der Waals surface area contributed by atoms with Crippen LogP contribution in [-0.4, -0.2) is 4.98 Å². The van der Waals surface area contributed by atoms with Gasteiger partial charge in [0.1, 0.15) is 5.69 Å². The van der Waals surface area contributed by atoms with Crippen LogP contribution in [0, 0.1) is 17.7 Å². The zero-order chi connectivity index (χ0) is 13.1. The van der Waals surface area contributed by atoms with Crippen LogP contribution in [0.3, 0.4) is 0 Å². The summed E-state index contributed by atoms with van der Waals surface area (Å²) in [5.41, 5.74) is 1.78. The Morgan fingerprint density at radius 3 is 2.42 bits per heavy atom. The summed E-state index contributed by atoms with van der Waals surface area (Å²) in [6.07, 6.45) is 0. The molecule has 0 saturated heterocycles. The van der Waals surface area contributed by atoms with Crippen LogP contribution in [-0.2, 0) is 0 Å². The summed E-state index contributed by atoms with van der Waals surface area (Å²) in [7, 11) is 0. The third-order valence-electron chi connectivity index (χ3n) is 2.78. The molecule has 0 amide bonds. The van der Waals surface area contributed by atoms with Gasteiger partial charge in [-0.05, 0) is 30.2 Å². The van der Waals surface area contributed by atoms with Gasteiger partial charge in [0, 0.05) is 10.9 Å². The van der Waals surface area contributed by atoms with Gasteiger partial charge < -0.3 is 0 Å². The predicted molar refractivity (Wildman–Crippen MR) is 74.1 cm³/mol. The summed E-state index contributed by atoms with van der Waals surface area (Å²) in [5, 5.41) is 0.783. The van der Waals surface area contributed by atoms with Gasteiger partial charge in [0.05, 0.1) is 5.52 Å². The summed E-state index contributed by atoms with van der Waals surface area (Å²) >= 11 is 0. The highest BCUT2D eigenvalue weighted by atomic mass is 19.1. The average Bonchev–Trinajstić information content (AvgIpc) is 2.46. The highest BCUT2D eigenvalue weighted by Crippen LogP contribution is 2.14. The Labute approximate surface area is 110 Å². The van der Waals surface area contributed by atoms with E-state index < -0.39 is 0 Å². The van der Waals surface area contributed by atoms with Crippen molar-refractivity contribution < 1.29 is 4.39 Å². The lowest BCUT2D eigenvalue weighted by atomic mass is 10.2. The number of halogens is 1. The quantitative estimate of drug-likeness (QED) is 0.551. The zero-order valence-electron chi connectivity index (χ0n) is 10.1. The predicted octanol–water partition coefficient (Wildman–Crippen LogP) is 3.77. The van der Waals surface area contributed by atoms with Crippen molar-refractivity contribution in [3.05, 3.63) is 77.7 Å². The van der Waals surface area contributed by atoms with Crippen LogP contribution < -0.4 is 0 Å². The van der Waals surface area contributed by atoms with Crippen LogP contribution >= 0.6 is 0 Å². The molecule has 0 saturated carbocycles. The number of rotatable bonds is 0. The number of benzene rings is 2. The van der Waals surface area contributed by atoms with Crippen molar-refractivity contribution in [1.29, 1.82) is 0 Å². The largest absolute Gasteiger partial charge is 0.236 e. The molecule has 2 aromatic carbocycles. The molecule has 0 aliphatic carbocycles. The molecule has 0 spiro atoms. The number of aromatic nitrogens is 1. The van der Waals surface area contributed by atoms with Gasteiger partial charge in [0.15, 0.2) is 5.82 Å². The Kier molecular flexibility index (Phi) is 2.96. The normalized spacial score (nSPS) is 9.95. The van der Waals surface area contributed by atoms with E-state index in [2.05, 4.69) is 16.8 Å². The van der Waals surface area contributed by atoms with Crippen molar-refractivity contribution in [2.24, 2.45) is 0 Å². The molecule has 0 aliphatic heterocycles. The maximum absolute atomic E-state index is 13.9. The highest BCUT2D eigenvalue weighted by Gasteiger charge is 2.03. The number of hydrogen-bond donors (Lipinski definition) is 0. The van der Waals surface area contributed by atoms with Gasteiger partial charge in [-0.15, -0.1) is 0 Å². The molecule has 3 rings (SSSR count). The van der Waals surface area contributed by atoms with E-state index in [4.69, 9.17) is 0 Å². The SMILES string of the molecule is Fc1cc2ccccc2nc1C#Cc1ccccc1. The van der Waals surface area contributed by atoms with Crippen LogP contribution in [0.2, 0.25) is 0 Å². The van der Waals surface area contributed by atoms with Crippen molar-refractivity contribution in [2.45, 2.75) is 0 Å². The second kappa shape index (κ2) is 4.91. The minimum atomic E-state index is -0.387. The molecule has 90 valence electrons. The molecule has 3 aromatic rings. The Balaban J connectivity index is 2.06. The van der Waals surface area contributed by atoms with Crippen LogP contribution in [0.1, 0.15) is 11.3 Å². The molecule has 2 heteroatoms. The van der Waals surface area contributed by atoms with E-state index in [0.29, 0.717) is 0 Å². The Morgan fingerprint density at radius 1 is 0.842 bits per heavy atom. The lowest BCUT2D eigenvalue weighted by Gasteiger charge is -1.98.